The number of alkyl halides is 2. The molecule has 0 bridgehead atoms. The van der Waals surface area contributed by atoms with Crippen LogP contribution in [0.1, 0.15) is 17.5 Å². The molecule has 138 valence electrons. The van der Waals surface area contributed by atoms with Crippen molar-refractivity contribution in [1.82, 2.24) is 10.6 Å². The number of nitrogens with one attached hydrogen (secondary N) is 2. The highest BCUT2D eigenvalue weighted by Gasteiger charge is 2.07. The summed E-state index contributed by atoms with van der Waals surface area (Å²) in [5.74, 6) is 1.11. The van der Waals surface area contributed by atoms with Gasteiger partial charge in [0.05, 0.1) is 13.2 Å². The number of rotatable bonds is 9. The fourth-order valence-corrected chi connectivity index (χ4v) is 1.90. The van der Waals surface area contributed by atoms with Gasteiger partial charge in [-0.3, -0.25) is 4.99 Å². The Labute approximate surface area is 159 Å². The maximum Gasteiger partial charge on any atom is 0.255 e. The second kappa shape index (κ2) is 13.2. The third kappa shape index (κ3) is 9.21. The van der Waals surface area contributed by atoms with Gasteiger partial charge in [0, 0.05) is 39.3 Å². The standard InChI is InChI=1S/C16H25F2N3O2.HI/c1-12-5-6-13(14(9-12)23-8-4-7-22-3)10-20-16(19-2)21-11-15(17)18;/h5-6,9,15H,4,7-8,10-11H2,1-3H3,(H2,19,20,21);1H. The van der Waals surface area contributed by atoms with E-state index in [4.69, 9.17) is 9.47 Å². The van der Waals surface area contributed by atoms with Crippen LogP contribution in [-0.4, -0.2) is 46.3 Å². The first kappa shape index (κ1) is 22.8. The Kier molecular flexibility index (Phi) is 12.5. The van der Waals surface area contributed by atoms with Gasteiger partial charge in [-0.05, 0) is 18.6 Å². The molecule has 0 aromatic heterocycles. The molecular weight excluding hydrogens is 431 g/mol. The van der Waals surface area contributed by atoms with Gasteiger partial charge in [0.25, 0.3) is 6.43 Å². The smallest absolute Gasteiger partial charge is 0.255 e. The van der Waals surface area contributed by atoms with Crippen LogP contribution in [-0.2, 0) is 11.3 Å². The summed E-state index contributed by atoms with van der Waals surface area (Å²) in [5.41, 5.74) is 2.03. The van der Waals surface area contributed by atoms with Crippen LogP contribution in [0.25, 0.3) is 0 Å². The van der Waals surface area contributed by atoms with Crippen molar-refractivity contribution in [3.63, 3.8) is 0 Å². The molecule has 0 unspecified atom stereocenters. The largest absolute Gasteiger partial charge is 0.493 e. The highest BCUT2D eigenvalue weighted by Crippen LogP contribution is 2.20. The van der Waals surface area contributed by atoms with E-state index in [9.17, 15) is 8.78 Å². The van der Waals surface area contributed by atoms with Gasteiger partial charge < -0.3 is 20.1 Å². The third-order valence-corrected chi connectivity index (χ3v) is 3.07. The molecule has 0 radical (unpaired) electrons. The Morgan fingerprint density at radius 3 is 2.62 bits per heavy atom. The summed E-state index contributed by atoms with van der Waals surface area (Å²) in [4.78, 5) is 3.91. The zero-order valence-electron chi connectivity index (χ0n) is 14.3. The number of ether oxygens (including phenoxy) is 2. The van der Waals surface area contributed by atoms with Crippen LogP contribution in [0.3, 0.4) is 0 Å². The zero-order chi connectivity index (χ0) is 17.1. The normalized spacial score (nSPS) is 11.2. The minimum Gasteiger partial charge on any atom is -0.493 e. The van der Waals surface area contributed by atoms with Gasteiger partial charge in [0.2, 0.25) is 0 Å². The van der Waals surface area contributed by atoms with Crippen molar-refractivity contribution in [3.8, 4) is 5.75 Å². The average Bonchev–Trinajstić information content (AvgIpc) is 2.53. The maximum atomic E-state index is 12.2. The molecule has 0 amide bonds. The number of benzene rings is 1. The molecule has 0 saturated carbocycles. The van der Waals surface area contributed by atoms with Gasteiger partial charge in [-0.1, -0.05) is 12.1 Å². The van der Waals surface area contributed by atoms with Crippen molar-refractivity contribution in [3.05, 3.63) is 29.3 Å². The lowest BCUT2D eigenvalue weighted by molar-refractivity contribution is 0.152. The van der Waals surface area contributed by atoms with Gasteiger partial charge in [0.15, 0.2) is 5.96 Å². The number of aliphatic imine (C=N–C) groups is 1. The molecule has 1 aromatic carbocycles. The molecular formula is C16H26F2IN3O2. The number of halogens is 3. The molecule has 1 aromatic rings. The number of guanidine groups is 1. The van der Waals surface area contributed by atoms with Crippen LogP contribution < -0.4 is 15.4 Å². The Balaban J connectivity index is 0.00000529. The average molecular weight is 457 g/mol. The quantitative estimate of drug-likeness (QED) is 0.259. The fraction of sp³-hybridized carbons (Fsp3) is 0.562. The summed E-state index contributed by atoms with van der Waals surface area (Å²) in [6.45, 7) is 3.19. The Bertz CT molecular complexity index is 502. The summed E-state index contributed by atoms with van der Waals surface area (Å²) < 4.78 is 35.2. The fourth-order valence-electron chi connectivity index (χ4n) is 1.90. The highest BCUT2D eigenvalue weighted by molar-refractivity contribution is 14.0. The molecule has 2 N–H and O–H groups in total. The molecule has 5 nitrogen and oxygen atoms in total. The van der Waals surface area contributed by atoms with Crippen molar-refractivity contribution in [2.75, 3.05) is 33.9 Å². The van der Waals surface area contributed by atoms with Crippen molar-refractivity contribution in [2.45, 2.75) is 26.3 Å². The molecule has 0 fully saturated rings. The number of hydrogen-bond donors (Lipinski definition) is 2. The van der Waals surface area contributed by atoms with E-state index < -0.39 is 13.0 Å². The van der Waals surface area contributed by atoms with Gasteiger partial charge >= 0.3 is 0 Å². The van der Waals surface area contributed by atoms with E-state index >= 15 is 0 Å². The van der Waals surface area contributed by atoms with Gasteiger partial charge in [-0.15, -0.1) is 24.0 Å². The van der Waals surface area contributed by atoms with E-state index in [0.717, 1.165) is 23.3 Å². The predicted molar refractivity (Wildman–Crippen MR) is 103 cm³/mol. The minimum absolute atomic E-state index is 0. The van der Waals surface area contributed by atoms with E-state index in [-0.39, 0.29) is 24.0 Å². The molecule has 0 aliphatic heterocycles. The molecule has 0 saturated heterocycles. The molecule has 8 heteroatoms. The molecule has 24 heavy (non-hydrogen) atoms. The zero-order valence-corrected chi connectivity index (χ0v) is 16.6. The lowest BCUT2D eigenvalue weighted by Gasteiger charge is -2.15. The van der Waals surface area contributed by atoms with Gasteiger partial charge in [-0.25, -0.2) is 8.78 Å². The van der Waals surface area contributed by atoms with Gasteiger partial charge in [-0.2, -0.15) is 0 Å². The molecule has 1 rings (SSSR count). The first-order valence-electron chi connectivity index (χ1n) is 7.50. The summed E-state index contributed by atoms with van der Waals surface area (Å²) >= 11 is 0. The second-order valence-corrected chi connectivity index (χ2v) is 5.00. The van der Waals surface area contributed by atoms with Crippen LogP contribution in [0.5, 0.6) is 5.75 Å². The SMILES string of the molecule is CN=C(NCc1ccc(C)cc1OCCCOC)NCC(F)F.I. The van der Waals surface area contributed by atoms with Gasteiger partial charge in [0.1, 0.15) is 5.75 Å². The van der Waals surface area contributed by atoms with Crippen LogP contribution in [0.4, 0.5) is 8.78 Å². The topological polar surface area (TPSA) is 54.9 Å². The lowest BCUT2D eigenvalue weighted by Crippen LogP contribution is -2.39. The molecule has 0 spiro atoms. The Morgan fingerprint density at radius 2 is 2.00 bits per heavy atom. The van der Waals surface area contributed by atoms with Crippen LogP contribution in [0.2, 0.25) is 0 Å². The van der Waals surface area contributed by atoms with E-state index in [0.29, 0.717) is 25.7 Å². The predicted octanol–water partition coefficient (Wildman–Crippen LogP) is 2.96. The Hall–Kier alpha value is -1.16. The summed E-state index contributed by atoms with van der Waals surface area (Å²) in [7, 11) is 3.19. The van der Waals surface area contributed by atoms with E-state index in [1.165, 1.54) is 7.05 Å². The van der Waals surface area contributed by atoms with Crippen LogP contribution in [0, 0.1) is 6.92 Å². The lowest BCUT2D eigenvalue weighted by atomic mass is 10.1. The number of hydrogen-bond acceptors (Lipinski definition) is 3. The first-order chi connectivity index (χ1) is 11.1. The number of aryl methyl sites for hydroxylation is 1. The van der Waals surface area contributed by atoms with Crippen LogP contribution in [0.15, 0.2) is 23.2 Å². The maximum absolute atomic E-state index is 12.2. The van der Waals surface area contributed by atoms with E-state index in [1.807, 2.05) is 25.1 Å². The summed E-state index contributed by atoms with van der Waals surface area (Å²) in [6.07, 6.45) is -1.62. The third-order valence-electron chi connectivity index (χ3n) is 3.07. The monoisotopic (exact) mass is 457 g/mol. The van der Waals surface area contributed by atoms with E-state index in [2.05, 4.69) is 15.6 Å². The number of methoxy groups -OCH3 is 1. The first-order valence-corrected chi connectivity index (χ1v) is 7.50. The summed E-state index contributed by atoms with van der Waals surface area (Å²) in [5, 5.41) is 5.56. The molecule has 0 heterocycles. The molecule has 0 aliphatic carbocycles. The van der Waals surface area contributed by atoms with E-state index in [1.54, 1.807) is 7.11 Å². The van der Waals surface area contributed by atoms with Crippen molar-refractivity contribution in [2.24, 2.45) is 4.99 Å². The Morgan fingerprint density at radius 1 is 1.25 bits per heavy atom. The van der Waals surface area contributed by atoms with Crippen molar-refractivity contribution >= 4 is 29.9 Å². The highest BCUT2D eigenvalue weighted by atomic mass is 127. The second-order valence-electron chi connectivity index (χ2n) is 5.00. The van der Waals surface area contributed by atoms with Crippen molar-refractivity contribution < 1.29 is 18.3 Å². The minimum atomic E-state index is -2.42. The summed E-state index contributed by atoms with van der Waals surface area (Å²) in [6, 6.07) is 5.89. The number of nitrogens with zero attached hydrogens (tertiary/aromatic N) is 1. The van der Waals surface area contributed by atoms with Crippen LogP contribution >= 0.6 is 24.0 Å². The van der Waals surface area contributed by atoms with Crippen molar-refractivity contribution in [1.29, 1.82) is 0 Å². The molecule has 0 atom stereocenters. The molecule has 0 aliphatic rings.